The molecule has 3 heterocycles. The van der Waals surface area contributed by atoms with Crippen LogP contribution < -0.4 is 10.1 Å². The van der Waals surface area contributed by atoms with Gasteiger partial charge < -0.3 is 19.5 Å². The highest BCUT2D eigenvalue weighted by molar-refractivity contribution is 7.17. The third-order valence-electron chi connectivity index (χ3n) is 7.44. The van der Waals surface area contributed by atoms with Crippen LogP contribution in [0.1, 0.15) is 55.6 Å². The van der Waals surface area contributed by atoms with Gasteiger partial charge in [0.1, 0.15) is 17.0 Å². The molecule has 174 valence electrons. The molecule has 1 saturated carbocycles. The Morgan fingerprint density at radius 3 is 2.85 bits per heavy atom. The summed E-state index contributed by atoms with van der Waals surface area (Å²) < 4.78 is 8.49. The van der Waals surface area contributed by atoms with Crippen LogP contribution in [0.2, 0.25) is 0 Å². The van der Waals surface area contributed by atoms with E-state index in [1.54, 1.807) is 23.3 Å². The molecule has 33 heavy (non-hydrogen) atoms. The van der Waals surface area contributed by atoms with Gasteiger partial charge in [-0.3, -0.25) is 9.59 Å². The van der Waals surface area contributed by atoms with Gasteiger partial charge in [0.2, 0.25) is 5.91 Å². The number of fused-ring (bicyclic) bond motifs is 3. The summed E-state index contributed by atoms with van der Waals surface area (Å²) in [5.74, 6) is 1.01. The summed E-state index contributed by atoms with van der Waals surface area (Å²) in [5.41, 5.74) is 1.61. The minimum Gasteiger partial charge on any atom is -0.497 e. The minimum absolute atomic E-state index is 0.0692. The largest absolute Gasteiger partial charge is 0.497 e. The average Bonchev–Trinajstić information content (AvgIpc) is 3.41. The van der Waals surface area contributed by atoms with Gasteiger partial charge in [-0.2, -0.15) is 0 Å². The Kier molecular flexibility index (Phi) is 5.69. The number of methoxy groups -OCH3 is 1. The first-order valence-corrected chi connectivity index (χ1v) is 12.6. The molecule has 1 aliphatic heterocycles. The molecule has 2 amide bonds. The number of rotatable bonds is 5. The Labute approximate surface area is 198 Å². The molecule has 1 fully saturated rings. The van der Waals surface area contributed by atoms with Crippen molar-refractivity contribution in [3.8, 4) is 5.75 Å². The molecule has 3 atom stereocenters. The normalized spacial score (nSPS) is 25.2. The first-order valence-electron chi connectivity index (χ1n) is 11.7. The van der Waals surface area contributed by atoms with E-state index in [1.807, 2.05) is 53.3 Å². The summed E-state index contributed by atoms with van der Waals surface area (Å²) in [5, 5.41) is 5.37. The van der Waals surface area contributed by atoms with E-state index in [9.17, 15) is 9.59 Å². The minimum atomic E-state index is -1.00. The SMILES string of the molecule is COc1cccc(CN2C(=O)c3cc4sccc4n3C[C@]2(C)C(=O)N[C@@H]2CCCC[C@@H]2C)c1. The number of aromatic nitrogens is 1. The number of hydrogen-bond acceptors (Lipinski definition) is 4. The van der Waals surface area contributed by atoms with Gasteiger partial charge in [-0.25, -0.2) is 0 Å². The zero-order valence-electron chi connectivity index (χ0n) is 19.5. The number of benzene rings is 1. The van der Waals surface area contributed by atoms with Crippen LogP contribution in [0.5, 0.6) is 5.75 Å². The summed E-state index contributed by atoms with van der Waals surface area (Å²) in [7, 11) is 1.63. The zero-order chi connectivity index (χ0) is 23.2. The maximum Gasteiger partial charge on any atom is 0.271 e. The Morgan fingerprint density at radius 1 is 1.24 bits per heavy atom. The van der Waals surface area contributed by atoms with Gasteiger partial charge in [0, 0.05) is 12.6 Å². The number of ether oxygens (including phenoxy) is 1. The van der Waals surface area contributed by atoms with Crippen molar-refractivity contribution in [2.75, 3.05) is 7.11 Å². The molecule has 1 aromatic carbocycles. The van der Waals surface area contributed by atoms with Gasteiger partial charge in [0.15, 0.2) is 0 Å². The lowest BCUT2D eigenvalue weighted by molar-refractivity contribution is -0.134. The molecular weight excluding hydrogens is 434 g/mol. The summed E-state index contributed by atoms with van der Waals surface area (Å²) in [4.78, 5) is 29.4. The smallest absolute Gasteiger partial charge is 0.271 e. The predicted octanol–water partition coefficient (Wildman–Crippen LogP) is 4.82. The second-order valence-electron chi connectivity index (χ2n) is 9.64. The quantitative estimate of drug-likeness (QED) is 0.588. The van der Waals surface area contributed by atoms with E-state index in [1.165, 1.54) is 6.42 Å². The topological polar surface area (TPSA) is 63.6 Å². The fourth-order valence-electron chi connectivity index (χ4n) is 5.33. The number of carbonyl (C=O) groups is 2. The van der Waals surface area contributed by atoms with Crippen LogP contribution in [-0.2, 0) is 17.9 Å². The molecule has 1 N–H and O–H groups in total. The van der Waals surface area contributed by atoms with Gasteiger partial charge in [-0.1, -0.05) is 31.9 Å². The molecule has 0 spiro atoms. The first kappa shape index (κ1) is 22.0. The van der Waals surface area contributed by atoms with Crippen LogP contribution in [0.25, 0.3) is 10.2 Å². The predicted molar refractivity (Wildman–Crippen MR) is 131 cm³/mol. The molecule has 2 aromatic heterocycles. The standard InChI is InChI=1S/C26H31N3O3S/c1-17-7-4-5-10-20(17)27-25(31)26(2)16-28-21-11-12-33-23(21)14-22(28)24(30)29(26)15-18-8-6-9-19(13-18)32-3/h6,8-9,11-14,17,20H,4-5,7,10,15-16H2,1-3H3,(H,27,31)/t17-,20+,26+/m0/s1. The number of nitrogens with zero attached hydrogens (tertiary/aromatic N) is 2. The molecular formula is C26H31N3O3S. The molecule has 2 aliphatic rings. The lowest BCUT2D eigenvalue weighted by atomic mass is 9.85. The number of carbonyl (C=O) groups excluding carboxylic acids is 2. The average molecular weight is 466 g/mol. The molecule has 1 aliphatic carbocycles. The van der Waals surface area contributed by atoms with Crippen molar-refractivity contribution in [1.29, 1.82) is 0 Å². The second kappa shape index (κ2) is 8.52. The van der Waals surface area contributed by atoms with Gasteiger partial charge in [0.25, 0.3) is 5.91 Å². The maximum absolute atomic E-state index is 13.9. The fraction of sp³-hybridized carbons (Fsp3) is 0.462. The van der Waals surface area contributed by atoms with Gasteiger partial charge >= 0.3 is 0 Å². The Hall–Kier alpha value is -2.80. The number of amides is 2. The van der Waals surface area contributed by atoms with Crippen LogP contribution in [0.15, 0.2) is 41.8 Å². The molecule has 3 aromatic rings. The number of hydrogen-bond donors (Lipinski definition) is 1. The van der Waals surface area contributed by atoms with E-state index in [-0.39, 0.29) is 17.9 Å². The lowest BCUT2D eigenvalue weighted by Crippen LogP contribution is -2.65. The summed E-state index contributed by atoms with van der Waals surface area (Å²) >= 11 is 1.62. The molecule has 5 rings (SSSR count). The summed E-state index contributed by atoms with van der Waals surface area (Å²) in [6.45, 7) is 4.91. The van der Waals surface area contributed by atoms with Crippen molar-refractivity contribution in [2.24, 2.45) is 5.92 Å². The number of nitrogens with one attached hydrogen (secondary N) is 1. The van der Waals surface area contributed by atoms with Crippen LogP contribution in [0, 0.1) is 5.92 Å². The number of thiophene rings is 1. The van der Waals surface area contributed by atoms with Crippen molar-refractivity contribution in [3.05, 3.63) is 53.0 Å². The van der Waals surface area contributed by atoms with Crippen LogP contribution in [0.4, 0.5) is 0 Å². The van der Waals surface area contributed by atoms with E-state index in [2.05, 4.69) is 12.2 Å². The van der Waals surface area contributed by atoms with Gasteiger partial charge in [-0.15, -0.1) is 11.3 Å². The van der Waals surface area contributed by atoms with Crippen molar-refractivity contribution in [3.63, 3.8) is 0 Å². The van der Waals surface area contributed by atoms with Crippen molar-refractivity contribution >= 4 is 33.4 Å². The van der Waals surface area contributed by atoms with Gasteiger partial charge in [-0.05, 0) is 60.9 Å². The molecule has 7 heteroatoms. The van der Waals surface area contributed by atoms with Crippen LogP contribution >= 0.6 is 11.3 Å². The third-order valence-corrected chi connectivity index (χ3v) is 8.29. The van der Waals surface area contributed by atoms with Crippen molar-refractivity contribution < 1.29 is 14.3 Å². The van der Waals surface area contributed by atoms with Crippen LogP contribution in [0.3, 0.4) is 0 Å². The van der Waals surface area contributed by atoms with Crippen LogP contribution in [-0.4, -0.2) is 40.0 Å². The van der Waals surface area contributed by atoms with E-state index in [4.69, 9.17) is 4.74 Å². The highest BCUT2D eigenvalue weighted by Crippen LogP contribution is 2.36. The van der Waals surface area contributed by atoms with E-state index < -0.39 is 5.54 Å². The van der Waals surface area contributed by atoms with E-state index >= 15 is 0 Å². The molecule has 6 nitrogen and oxygen atoms in total. The molecule has 0 saturated heterocycles. The zero-order valence-corrected chi connectivity index (χ0v) is 20.3. The van der Waals surface area contributed by atoms with E-state index in [0.29, 0.717) is 24.7 Å². The lowest BCUT2D eigenvalue weighted by Gasteiger charge is -2.45. The molecule has 0 radical (unpaired) electrons. The Morgan fingerprint density at radius 2 is 2.06 bits per heavy atom. The monoisotopic (exact) mass is 465 g/mol. The summed E-state index contributed by atoms with van der Waals surface area (Å²) in [6, 6.07) is 11.9. The molecule has 0 unspecified atom stereocenters. The second-order valence-corrected chi connectivity index (χ2v) is 10.6. The van der Waals surface area contributed by atoms with E-state index in [0.717, 1.165) is 40.8 Å². The van der Waals surface area contributed by atoms with Gasteiger partial charge in [0.05, 0.1) is 23.9 Å². The van der Waals surface area contributed by atoms with Crippen molar-refractivity contribution in [2.45, 2.75) is 64.2 Å². The Balaban J connectivity index is 1.53. The Bertz CT molecular complexity index is 1200. The molecule has 0 bridgehead atoms. The fourth-order valence-corrected chi connectivity index (χ4v) is 6.15. The first-order chi connectivity index (χ1) is 15.9. The third kappa shape index (κ3) is 3.82. The maximum atomic E-state index is 13.9. The highest BCUT2D eigenvalue weighted by atomic mass is 32.1. The highest BCUT2D eigenvalue weighted by Gasteiger charge is 2.48. The van der Waals surface area contributed by atoms with Crippen molar-refractivity contribution in [1.82, 2.24) is 14.8 Å². The summed E-state index contributed by atoms with van der Waals surface area (Å²) in [6.07, 6.45) is 4.48.